The van der Waals surface area contributed by atoms with Gasteiger partial charge in [-0.2, -0.15) is 10.2 Å². The molecule has 2 aromatic heterocycles. The third-order valence-corrected chi connectivity index (χ3v) is 9.65. The first kappa shape index (κ1) is 34.1. The molecule has 0 N–H and O–H groups in total. The molecule has 0 spiro atoms. The summed E-state index contributed by atoms with van der Waals surface area (Å²) in [6.07, 6.45) is 5.27. The number of ether oxygens (including phenoxy) is 3. The molecule has 0 radical (unpaired) electrons. The Labute approximate surface area is 300 Å². The van der Waals surface area contributed by atoms with E-state index in [1.165, 1.54) is 11.0 Å². The average molecular weight is 720 g/mol. The lowest BCUT2D eigenvalue weighted by Crippen LogP contribution is -2.46. The SMILES string of the molecule is CC(C)CCn1ncn(-c2ccc(N3CCN(c4ccc(OC[C@@H]5COC(Cn6cncn6)(c6ccc(Cl)cc6Cl)O5)cc4)CC3)cc2)c1=O. The van der Waals surface area contributed by atoms with E-state index in [0.29, 0.717) is 41.3 Å². The van der Waals surface area contributed by atoms with Gasteiger partial charge in [-0.25, -0.2) is 23.7 Å². The van der Waals surface area contributed by atoms with Crippen LogP contribution >= 0.6 is 23.2 Å². The summed E-state index contributed by atoms with van der Waals surface area (Å²) >= 11 is 12.7. The molecule has 3 aromatic carbocycles. The van der Waals surface area contributed by atoms with Gasteiger partial charge < -0.3 is 24.0 Å². The molecule has 12 nitrogen and oxygen atoms in total. The molecule has 2 atom stereocenters. The monoisotopic (exact) mass is 718 g/mol. The molecular weight excluding hydrogens is 679 g/mol. The summed E-state index contributed by atoms with van der Waals surface area (Å²) in [5.41, 5.74) is 3.66. The van der Waals surface area contributed by atoms with Crippen LogP contribution in [0.25, 0.3) is 5.69 Å². The van der Waals surface area contributed by atoms with E-state index in [4.69, 9.17) is 37.4 Å². The van der Waals surface area contributed by atoms with Gasteiger partial charge in [0.05, 0.1) is 17.3 Å². The van der Waals surface area contributed by atoms with E-state index in [2.05, 4.69) is 63.1 Å². The van der Waals surface area contributed by atoms with Crippen LogP contribution in [0.2, 0.25) is 10.0 Å². The van der Waals surface area contributed by atoms with Gasteiger partial charge in [0.25, 0.3) is 0 Å². The van der Waals surface area contributed by atoms with Crippen molar-refractivity contribution in [2.45, 2.75) is 45.2 Å². The number of nitrogens with zero attached hydrogens (tertiary/aromatic N) is 8. The number of rotatable bonds is 12. The average Bonchev–Trinajstić information content (AvgIpc) is 3.88. The van der Waals surface area contributed by atoms with Gasteiger partial charge in [-0.05, 0) is 73.0 Å². The smallest absolute Gasteiger partial charge is 0.350 e. The maximum atomic E-state index is 12.8. The first-order chi connectivity index (χ1) is 24.3. The van der Waals surface area contributed by atoms with E-state index in [1.807, 2.05) is 30.3 Å². The number of aromatic nitrogens is 6. The number of hydrogen-bond donors (Lipinski definition) is 0. The Hall–Kier alpha value is -4.36. The van der Waals surface area contributed by atoms with Crippen molar-refractivity contribution in [2.24, 2.45) is 5.92 Å². The normalized spacial score (nSPS) is 19.4. The summed E-state index contributed by atoms with van der Waals surface area (Å²) in [5.74, 6) is 0.106. The first-order valence-corrected chi connectivity index (χ1v) is 17.6. The fourth-order valence-corrected chi connectivity index (χ4v) is 6.87. The van der Waals surface area contributed by atoms with Crippen LogP contribution in [0.1, 0.15) is 25.8 Å². The van der Waals surface area contributed by atoms with Crippen molar-refractivity contribution in [3.8, 4) is 11.4 Å². The van der Waals surface area contributed by atoms with Gasteiger partial charge in [-0.1, -0.05) is 43.1 Å². The molecule has 0 saturated carbocycles. The summed E-state index contributed by atoms with van der Waals surface area (Å²) in [6, 6.07) is 21.5. The Balaban J connectivity index is 0.915. The van der Waals surface area contributed by atoms with E-state index in [1.54, 1.807) is 34.0 Å². The standard InChI is InChI=1S/C36H40Cl2N8O4/c1-26(2)13-14-46-35(47)45(25-41-46)30-6-4-28(5-7-30)42-15-17-43(18-16-42)29-8-10-31(11-9-29)48-20-32-21-49-36(50-32,22-44-24-39-23-40-44)33-12-3-27(37)19-34(33)38/h3-12,19,23-26,32H,13-18,20-22H2,1-2H3/t32-,36?/m1/s1. The maximum Gasteiger partial charge on any atom is 0.350 e. The highest BCUT2D eigenvalue weighted by atomic mass is 35.5. The number of aryl methyl sites for hydroxylation is 1. The molecule has 1 unspecified atom stereocenters. The predicted octanol–water partition coefficient (Wildman–Crippen LogP) is 5.65. The van der Waals surface area contributed by atoms with E-state index in [0.717, 1.165) is 55.4 Å². The van der Waals surface area contributed by atoms with Gasteiger partial charge in [-0.3, -0.25) is 0 Å². The van der Waals surface area contributed by atoms with Crippen molar-refractivity contribution in [3.05, 3.63) is 112 Å². The van der Waals surface area contributed by atoms with E-state index < -0.39 is 5.79 Å². The zero-order valence-electron chi connectivity index (χ0n) is 28.1. The first-order valence-electron chi connectivity index (χ1n) is 16.8. The molecule has 2 aliphatic rings. The molecule has 262 valence electrons. The largest absolute Gasteiger partial charge is 0.491 e. The molecule has 4 heterocycles. The van der Waals surface area contributed by atoms with Crippen LogP contribution in [0.5, 0.6) is 5.75 Å². The second kappa shape index (κ2) is 14.9. The van der Waals surface area contributed by atoms with Crippen molar-refractivity contribution < 1.29 is 14.2 Å². The minimum Gasteiger partial charge on any atom is -0.491 e. The molecule has 7 rings (SSSR count). The van der Waals surface area contributed by atoms with Crippen LogP contribution in [0, 0.1) is 5.92 Å². The third kappa shape index (κ3) is 7.53. The zero-order chi connectivity index (χ0) is 34.7. The zero-order valence-corrected chi connectivity index (χ0v) is 29.6. The Kier molecular flexibility index (Phi) is 10.1. The van der Waals surface area contributed by atoms with Crippen LogP contribution in [0.3, 0.4) is 0 Å². The molecule has 2 aliphatic heterocycles. The van der Waals surface area contributed by atoms with Crippen molar-refractivity contribution >= 4 is 34.6 Å². The van der Waals surface area contributed by atoms with E-state index >= 15 is 0 Å². The second-order valence-corrected chi connectivity index (χ2v) is 13.8. The van der Waals surface area contributed by atoms with Gasteiger partial charge in [0.1, 0.15) is 44.0 Å². The lowest BCUT2D eigenvalue weighted by molar-refractivity contribution is -0.190. The Morgan fingerprint density at radius 1 is 0.900 bits per heavy atom. The van der Waals surface area contributed by atoms with Crippen LogP contribution in [0.4, 0.5) is 11.4 Å². The van der Waals surface area contributed by atoms with E-state index in [-0.39, 0.29) is 18.3 Å². The highest BCUT2D eigenvalue weighted by molar-refractivity contribution is 6.35. The van der Waals surface area contributed by atoms with Crippen LogP contribution < -0.4 is 20.2 Å². The van der Waals surface area contributed by atoms with Crippen LogP contribution in [0.15, 0.2) is 90.5 Å². The molecule has 0 bridgehead atoms. The molecule has 2 saturated heterocycles. The van der Waals surface area contributed by atoms with E-state index in [9.17, 15) is 4.79 Å². The summed E-state index contributed by atoms with van der Waals surface area (Å²) in [7, 11) is 0. The highest BCUT2D eigenvalue weighted by Crippen LogP contribution is 2.40. The topological polar surface area (TPSA) is 105 Å². The minimum atomic E-state index is -1.16. The number of piperazine rings is 1. The second-order valence-electron chi connectivity index (χ2n) is 13.0. The lowest BCUT2D eigenvalue weighted by Gasteiger charge is -2.37. The number of hydrogen-bond acceptors (Lipinski definition) is 9. The number of anilines is 2. The molecule has 0 aliphatic carbocycles. The van der Waals surface area contributed by atoms with Gasteiger partial charge in [0.15, 0.2) is 0 Å². The molecule has 2 fully saturated rings. The summed E-state index contributed by atoms with van der Waals surface area (Å²) in [5, 5.41) is 9.51. The molecular formula is C36H40Cl2N8O4. The van der Waals surface area contributed by atoms with Gasteiger partial charge in [0.2, 0.25) is 5.79 Å². The quantitative estimate of drug-likeness (QED) is 0.162. The van der Waals surface area contributed by atoms with Crippen LogP contribution in [-0.2, 0) is 28.4 Å². The number of halogens is 2. The van der Waals surface area contributed by atoms with Gasteiger partial charge in [-0.15, -0.1) is 0 Å². The van der Waals surface area contributed by atoms with Crippen LogP contribution in [-0.4, -0.2) is 74.6 Å². The summed E-state index contributed by atoms with van der Waals surface area (Å²) in [4.78, 5) is 21.6. The molecule has 14 heteroatoms. The molecule has 5 aromatic rings. The molecule has 50 heavy (non-hydrogen) atoms. The Morgan fingerprint density at radius 3 is 2.22 bits per heavy atom. The Bertz CT molecular complexity index is 1920. The van der Waals surface area contributed by atoms with Gasteiger partial charge >= 0.3 is 5.69 Å². The fraction of sp³-hybridized carbons (Fsp3) is 0.389. The third-order valence-electron chi connectivity index (χ3n) is 9.10. The van der Waals surface area contributed by atoms with Crippen molar-refractivity contribution in [3.63, 3.8) is 0 Å². The summed E-state index contributed by atoms with van der Waals surface area (Å²) < 4.78 is 23.7. The van der Waals surface area contributed by atoms with Gasteiger partial charge in [0, 0.05) is 54.7 Å². The minimum absolute atomic E-state index is 0.106. The highest BCUT2D eigenvalue weighted by Gasteiger charge is 2.45. The number of benzene rings is 3. The fourth-order valence-electron chi connectivity index (χ4n) is 6.32. The summed E-state index contributed by atoms with van der Waals surface area (Å²) in [6.45, 7) is 9.35. The molecule has 0 amide bonds. The van der Waals surface area contributed by atoms with Crippen molar-refractivity contribution in [1.29, 1.82) is 0 Å². The maximum absolute atomic E-state index is 12.8. The Morgan fingerprint density at radius 2 is 1.58 bits per heavy atom. The predicted molar refractivity (Wildman–Crippen MR) is 193 cm³/mol. The lowest BCUT2D eigenvalue weighted by atomic mass is 10.1. The van der Waals surface area contributed by atoms with Crippen molar-refractivity contribution in [2.75, 3.05) is 49.2 Å². The van der Waals surface area contributed by atoms with Crippen molar-refractivity contribution in [1.82, 2.24) is 29.1 Å².